The van der Waals surface area contributed by atoms with E-state index in [-0.39, 0.29) is 4.90 Å². The number of nitrogens with zero attached hydrogens (tertiary/aromatic N) is 3. The van der Waals surface area contributed by atoms with Crippen LogP contribution in [0.15, 0.2) is 41.9 Å². The molecule has 2 aromatic rings. The molecule has 7 nitrogen and oxygen atoms in total. The van der Waals surface area contributed by atoms with Crippen LogP contribution in [-0.2, 0) is 16.6 Å². The van der Waals surface area contributed by atoms with Crippen molar-refractivity contribution in [2.75, 3.05) is 18.4 Å². The molecular formula is C12H17N5O2S. The molecule has 2 heterocycles. The Hall–Kier alpha value is -1.93. The summed E-state index contributed by atoms with van der Waals surface area (Å²) in [6.07, 6.45) is 6.55. The van der Waals surface area contributed by atoms with Gasteiger partial charge in [-0.05, 0) is 13.0 Å². The van der Waals surface area contributed by atoms with Gasteiger partial charge in [0.2, 0.25) is 10.0 Å². The van der Waals surface area contributed by atoms with Crippen LogP contribution in [0.5, 0.6) is 0 Å². The van der Waals surface area contributed by atoms with Crippen LogP contribution in [-0.4, -0.2) is 36.0 Å². The van der Waals surface area contributed by atoms with Crippen LogP contribution in [0, 0.1) is 0 Å². The van der Waals surface area contributed by atoms with E-state index in [0.717, 1.165) is 0 Å². The van der Waals surface area contributed by atoms with Gasteiger partial charge in [-0.25, -0.2) is 23.1 Å². The fourth-order valence-electron chi connectivity index (χ4n) is 1.67. The molecule has 0 aliphatic carbocycles. The molecular weight excluding hydrogens is 278 g/mol. The molecule has 0 aliphatic heterocycles. The summed E-state index contributed by atoms with van der Waals surface area (Å²) < 4.78 is 28.6. The number of anilines is 1. The van der Waals surface area contributed by atoms with Crippen LogP contribution in [0.25, 0.3) is 0 Å². The Morgan fingerprint density at radius 2 is 2.20 bits per heavy atom. The highest BCUT2D eigenvalue weighted by atomic mass is 32.2. The molecule has 0 bridgehead atoms. The second kappa shape index (κ2) is 6.49. The quantitative estimate of drug-likeness (QED) is 0.784. The summed E-state index contributed by atoms with van der Waals surface area (Å²) in [7, 11) is -3.52. The molecule has 0 atom stereocenters. The minimum absolute atomic E-state index is 0.203. The fourth-order valence-corrected chi connectivity index (χ4v) is 2.70. The lowest BCUT2D eigenvalue weighted by Gasteiger charge is -2.08. The minimum atomic E-state index is -3.52. The number of hydrogen-bond acceptors (Lipinski definition) is 5. The summed E-state index contributed by atoms with van der Waals surface area (Å²) in [4.78, 5) is 8.15. The predicted molar refractivity (Wildman–Crippen MR) is 75.8 cm³/mol. The van der Waals surface area contributed by atoms with Gasteiger partial charge in [-0.1, -0.05) is 0 Å². The number of nitrogens with one attached hydrogen (secondary N) is 2. The van der Waals surface area contributed by atoms with Crippen molar-refractivity contribution in [3.63, 3.8) is 0 Å². The van der Waals surface area contributed by atoms with Crippen molar-refractivity contribution < 1.29 is 8.42 Å². The van der Waals surface area contributed by atoms with Crippen LogP contribution >= 0.6 is 0 Å². The molecule has 2 rings (SSSR count). The first-order valence-corrected chi connectivity index (χ1v) is 7.75. The summed E-state index contributed by atoms with van der Waals surface area (Å²) in [5.74, 6) is 0.546. The van der Waals surface area contributed by atoms with Gasteiger partial charge in [0.25, 0.3) is 0 Å². The van der Waals surface area contributed by atoms with Crippen LogP contribution < -0.4 is 10.0 Å². The number of hydrogen-bond donors (Lipinski definition) is 2. The molecule has 0 aromatic carbocycles. The van der Waals surface area contributed by atoms with Crippen LogP contribution in [0.3, 0.4) is 0 Å². The first-order valence-electron chi connectivity index (χ1n) is 6.27. The zero-order chi connectivity index (χ0) is 14.4. The lowest BCUT2D eigenvalue weighted by Crippen LogP contribution is -2.27. The topological polar surface area (TPSA) is 88.9 Å². The molecule has 0 amide bonds. The fraction of sp³-hybridized carbons (Fsp3) is 0.333. The average molecular weight is 295 g/mol. The molecule has 0 saturated carbocycles. The molecule has 2 N–H and O–H groups in total. The lowest BCUT2D eigenvalue weighted by molar-refractivity contribution is 0.572. The van der Waals surface area contributed by atoms with Gasteiger partial charge < -0.3 is 9.88 Å². The van der Waals surface area contributed by atoms with E-state index >= 15 is 0 Å². The Balaban J connectivity index is 2.00. The minimum Gasteiger partial charge on any atom is -0.370 e. The van der Waals surface area contributed by atoms with Crippen LogP contribution in [0.2, 0.25) is 0 Å². The first-order chi connectivity index (χ1) is 9.62. The highest BCUT2D eigenvalue weighted by Crippen LogP contribution is 2.12. The molecule has 0 radical (unpaired) electrons. The van der Waals surface area contributed by atoms with E-state index in [2.05, 4.69) is 20.0 Å². The Morgan fingerprint density at radius 3 is 2.90 bits per heavy atom. The van der Waals surface area contributed by atoms with Crippen molar-refractivity contribution >= 4 is 15.8 Å². The average Bonchev–Trinajstić information content (AvgIpc) is 2.92. The summed E-state index contributed by atoms with van der Waals surface area (Å²) in [6, 6.07) is 2.99. The number of sulfonamides is 1. The highest BCUT2D eigenvalue weighted by molar-refractivity contribution is 7.89. The molecule has 0 aliphatic rings. The van der Waals surface area contributed by atoms with Crippen LogP contribution in [0.1, 0.15) is 6.92 Å². The van der Waals surface area contributed by atoms with Gasteiger partial charge in [-0.15, -0.1) is 0 Å². The Bertz CT molecular complexity index is 640. The van der Waals surface area contributed by atoms with Gasteiger partial charge in [0.15, 0.2) is 0 Å². The molecule has 108 valence electrons. The maximum absolute atomic E-state index is 12.1. The maximum Gasteiger partial charge on any atom is 0.240 e. The third-order valence-electron chi connectivity index (χ3n) is 2.62. The van der Waals surface area contributed by atoms with Gasteiger partial charge in [0.1, 0.15) is 5.82 Å². The van der Waals surface area contributed by atoms with Crippen molar-refractivity contribution in [2.45, 2.75) is 18.4 Å². The monoisotopic (exact) mass is 295 g/mol. The normalized spacial score (nSPS) is 11.4. The van der Waals surface area contributed by atoms with Gasteiger partial charge in [-0.3, -0.25) is 0 Å². The van der Waals surface area contributed by atoms with E-state index in [1.54, 1.807) is 23.3 Å². The number of imidazole rings is 1. The second-order valence-corrected chi connectivity index (χ2v) is 5.87. The van der Waals surface area contributed by atoms with Gasteiger partial charge in [-0.2, -0.15) is 0 Å². The summed E-state index contributed by atoms with van der Waals surface area (Å²) >= 11 is 0. The van der Waals surface area contributed by atoms with E-state index in [1.165, 1.54) is 18.3 Å². The zero-order valence-electron chi connectivity index (χ0n) is 11.2. The molecule has 0 saturated heterocycles. The number of aromatic nitrogens is 3. The van der Waals surface area contributed by atoms with E-state index < -0.39 is 10.0 Å². The third-order valence-corrected chi connectivity index (χ3v) is 4.08. The van der Waals surface area contributed by atoms with E-state index in [9.17, 15) is 8.42 Å². The van der Waals surface area contributed by atoms with E-state index in [0.29, 0.717) is 25.5 Å². The van der Waals surface area contributed by atoms with Gasteiger partial charge >= 0.3 is 0 Å². The van der Waals surface area contributed by atoms with Crippen molar-refractivity contribution in [2.24, 2.45) is 0 Å². The van der Waals surface area contributed by atoms with Crippen molar-refractivity contribution in [3.8, 4) is 0 Å². The molecule has 20 heavy (non-hydrogen) atoms. The summed E-state index contributed by atoms with van der Waals surface area (Å²) in [5.41, 5.74) is 0. The Kier molecular flexibility index (Phi) is 4.70. The highest BCUT2D eigenvalue weighted by Gasteiger charge is 2.14. The third kappa shape index (κ3) is 3.78. The van der Waals surface area contributed by atoms with E-state index in [1.807, 2.05) is 6.92 Å². The Morgan fingerprint density at radius 1 is 1.35 bits per heavy atom. The van der Waals surface area contributed by atoms with Crippen molar-refractivity contribution in [1.82, 2.24) is 19.3 Å². The Labute approximate surface area is 118 Å². The molecule has 8 heteroatoms. The number of pyridine rings is 1. The molecule has 0 fully saturated rings. The predicted octanol–water partition coefficient (Wildman–Crippen LogP) is 0.688. The van der Waals surface area contributed by atoms with Gasteiger partial charge in [0, 0.05) is 44.3 Å². The standard InChI is InChI=1S/C12H17N5O2S/c1-2-14-12-9-11(3-4-15-12)20(18,19)16-6-8-17-7-5-13-10-17/h3-5,7,9-10,16H,2,6,8H2,1H3,(H,14,15). The summed E-state index contributed by atoms with van der Waals surface area (Å²) in [5, 5.41) is 2.98. The zero-order valence-corrected chi connectivity index (χ0v) is 12.0. The van der Waals surface area contributed by atoms with Gasteiger partial charge in [0.05, 0.1) is 11.2 Å². The molecule has 0 unspecified atom stereocenters. The van der Waals surface area contributed by atoms with Crippen LogP contribution in [0.4, 0.5) is 5.82 Å². The molecule has 2 aromatic heterocycles. The maximum atomic E-state index is 12.1. The van der Waals surface area contributed by atoms with Crippen molar-refractivity contribution in [3.05, 3.63) is 37.1 Å². The van der Waals surface area contributed by atoms with Crippen molar-refractivity contribution in [1.29, 1.82) is 0 Å². The number of rotatable bonds is 7. The second-order valence-electron chi connectivity index (χ2n) is 4.11. The summed E-state index contributed by atoms with van der Waals surface area (Å²) in [6.45, 7) is 3.44. The first kappa shape index (κ1) is 14.5. The lowest BCUT2D eigenvalue weighted by atomic mass is 10.4. The SMILES string of the molecule is CCNc1cc(S(=O)(=O)NCCn2ccnc2)ccn1. The van der Waals surface area contributed by atoms with E-state index in [4.69, 9.17) is 0 Å². The largest absolute Gasteiger partial charge is 0.370 e. The smallest absolute Gasteiger partial charge is 0.240 e. The molecule has 0 spiro atoms.